The van der Waals surface area contributed by atoms with Crippen LogP contribution in [0.1, 0.15) is 111 Å². The Bertz CT molecular complexity index is 300. The highest BCUT2D eigenvalue weighted by atomic mass is 15.4. The van der Waals surface area contributed by atoms with Crippen LogP contribution in [-0.4, -0.2) is 29.1 Å². The van der Waals surface area contributed by atoms with Crippen LogP contribution < -0.4 is 0 Å². The van der Waals surface area contributed by atoms with Crippen LogP contribution in [0.3, 0.4) is 0 Å². The summed E-state index contributed by atoms with van der Waals surface area (Å²) in [5.74, 6) is 0. The summed E-state index contributed by atoms with van der Waals surface area (Å²) in [5.41, 5.74) is 0. The van der Waals surface area contributed by atoms with Gasteiger partial charge in [-0.05, 0) is 25.7 Å². The smallest absolute Gasteiger partial charge is 0.101 e. The topological polar surface area (TPSA) is 6.48 Å². The van der Waals surface area contributed by atoms with E-state index >= 15 is 0 Å². The zero-order valence-corrected chi connectivity index (χ0v) is 16.9. The number of hydrogen-bond donors (Lipinski definition) is 0. The maximum atomic E-state index is 2.63. The fourth-order valence-corrected chi connectivity index (χ4v) is 3.69. The molecule has 24 heavy (non-hydrogen) atoms. The average molecular weight is 337 g/mol. The van der Waals surface area contributed by atoms with Gasteiger partial charge in [0.25, 0.3) is 0 Å². The molecule has 142 valence electrons. The molecule has 0 saturated carbocycles. The van der Waals surface area contributed by atoms with E-state index in [9.17, 15) is 0 Å². The molecule has 1 atom stereocenters. The van der Waals surface area contributed by atoms with Crippen molar-refractivity contribution in [3.8, 4) is 0 Å². The van der Waals surface area contributed by atoms with Gasteiger partial charge in [0.05, 0.1) is 0 Å². The summed E-state index contributed by atoms with van der Waals surface area (Å²) in [7, 11) is 0. The molecule has 2 nitrogen and oxygen atoms in total. The molecule has 0 N–H and O–H groups in total. The molecule has 1 aliphatic rings. The van der Waals surface area contributed by atoms with Crippen LogP contribution in [-0.2, 0) is 0 Å². The van der Waals surface area contributed by atoms with Crippen LogP contribution in [0, 0.1) is 0 Å². The van der Waals surface area contributed by atoms with Gasteiger partial charge in [-0.15, -0.1) is 0 Å². The summed E-state index contributed by atoms with van der Waals surface area (Å²) in [4.78, 5) is 5.23. The predicted molar refractivity (Wildman–Crippen MR) is 108 cm³/mol. The lowest BCUT2D eigenvalue weighted by Gasteiger charge is -2.33. The third-order valence-electron chi connectivity index (χ3n) is 5.32. The molecule has 1 unspecified atom stereocenters. The van der Waals surface area contributed by atoms with Crippen molar-refractivity contribution in [1.29, 1.82) is 0 Å². The zero-order chi connectivity index (χ0) is 17.5. The largest absolute Gasteiger partial charge is 0.356 e. The highest BCUT2D eigenvalue weighted by Gasteiger charge is 2.24. The molecule has 0 amide bonds. The Hall–Kier alpha value is -0.660. The highest BCUT2D eigenvalue weighted by molar-refractivity contribution is 4.96. The van der Waals surface area contributed by atoms with E-state index in [0.717, 1.165) is 0 Å². The Morgan fingerprint density at radius 2 is 1.00 bits per heavy atom. The molecule has 2 heteroatoms. The van der Waals surface area contributed by atoms with Crippen LogP contribution in [0.25, 0.3) is 0 Å². The molecule has 1 aliphatic heterocycles. The van der Waals surface area contributed by atoms with Crippen LogP contribution in [0.5, 0.6) is 0 Å². The van der Waals surface area contributed by atoms with Gasteiger partial charge in [-0.25, -0.2) is 0 Å². The third-order valence-corrected chi connectivity index (χ3v) is 5.32. The van der Waals surface area contributed by atoms with Gasteiger partial charge >= 0.3 is 0 Å². The van der Waals surface area contributed by atoms with Crippen molar-refractivity contribution in [2.45, 2.75) is 117 Å². The van der Waals surface area contributed by atoms with Crippen LogP contribution in [0.15, 0.2) is 12.4 Å². The standard InChI is InChI=1S/C22H44N2/c1-4-7-10-11-12-13-14-16-19-24-21-20-23(18-9-6-3)22(24)17-15-8-5-2/h20-22H,4-19H2,1-3H3. The zero-order valence-electron chi connectivity index (χ0n) is 16.9. The molecule has 0 aromatic carbocycles. The van der Waals surface area contributed by atoms with E-state index in [4.69, 9.17) is 0 Å². The number of hydrogen-bond acceptors (Lipinski definition) is 2. The Morgan fingerprint density at radius 1 is 0.542 bits per heavy atom. The van der Waals surface area contributed by atoms with Gasteiger partial charge < -0.3 is 9.80 Å². The summed E-state index contributed by atoms with van der Waals surface area (Å²) < 4.78 is 0. The molecule has 0 aromatic heterocycles. The first kappa shape index (κ1) is 21.4. The lowest BCUT2D eigenvalue weighted by Crippen LogP contribution is -2.39. The minimum absolute atomic E-state index is 0.646. The van der Waals surface area contributed by atoms with E-state index in [0.29, 0.717) is 6.17 Å². The molecule has 0 saturated heterocycles. The predicted octanol–water partition coefficient (Wildman–Crippen LogP) is 6.92. The second kappa shape index (κ2) is 14.7. The van der Waals surface area contributed by atoms with E-state index in [-0.39, 0.29) is 0 Å². The summed E-state index contributed by atoms with van der Waals surface area (Å²) in [6.45, 7) is 9.39. The van der Waals surface area contributed by atoms with E-state index < -0.39 is 0 Å². The second-order valence-electron chi connectivity index (χ2n) is 7.58. The van der Waals surface area contributed by atoms with Crippen molar-refractivity contribution < 1.29 is 0 Å². The Morgan fingerprint density at radius 3 is 1.58 bits per heavy atom. The molecule has 0 spiro atoms. The molecular weight excluding hydrogens is 292 g/mol. The van der Waals surface area contributed by atoms with E-state index in [1.54, 1.807) is 0 Å². The van der Waals surface area contributed by atoms with Gasteiger partial charge in [-0.3, -0.25) is 0 Å². The summed E-state index contributed by atoms with van der Waals surface area (Å²) in [6.07, 6.45) is 24.7. The number of rotatable bonds is 16. The Kier molecular flexibility index (Phi) is 13.1. The summed E-state index contributed by atoms with van der Waals surface area (Å²) in [6, 6.07) is 0. The number of nitrogens with zero attached hydrogens (tertiary/aromatic N) is 2. The van der Waals surface area contributed by atoms with Crippen LogP contribution >= 0.6 is 0 Å². The van der Waals surface area contributed by atoms with Crippen molar-refractivity contribution in [2.24, 2.45) is 0 Å². The SMILES string of the molecule is CCCCCCCCCCN1C=CN(CCCC)C1CCCCC. The minimum Gasteiger partial charge on any atom is -0.356 e. The normalized spacial score (nSPS) is 17.2. The fourth-order valence-electron chi connectivity index (χ4n) is 3.69. The fraction of sp³-hybridized carbons (Fsp3) is 0.909. The average Bonchev–Trinajstić information content (AvgIpc) is 2.97. The molecule has 0 aromatic rings. The molecule has 0 bridgehead atoms. The van der Waals surface area contributed by atoms with Crippen molar-refractivity contribution in [2.75, 3.05) is 13.1 Å². The van der Waals surface area contributed by atoms with Crippen LogP contribution in [0.4, 0.5) is 0 Å². The number of unbranched alkanes of at least 4 members (excludes halogenated alkanes) is 10. The van der Waals surface area contributed by atoms with Gasteiger partial charge in [0.1, 0.15) is 6.17 Å². The molecule has 0 fully saturated rings. The van der Waals surface area contributed by atoms with Gasteiger partial charge in [0.2, 0.25) is 0 Å². The maximum absolute atomic E-state index is 2.63. The lowest BCUT2D eigenvalue weighted by atomic mass is 10.1. The maximum Gasteiger partial charge on any atom is 0.101 e. The highest BCUT2D eigenvalue weighted by Crippen LogP contribution is 2.23. The molecule has 1 heterocycles. The third kappa shape index (κ3) is 8.99. The van der Waals surface area contributed by atoms with Crippen LogP contribution in [0.2, 0.25) is 0 Å². The van der Waals surface area contributed by atoms with Crippen molar-refractivity contribution in [1.82, 2.24) is 9.80 Å². The van der Waals surface area contributed by atoms with Gasteiger partial charge in [-0.2, -0.15) is 0 Å². The van der Waals surface area contributed by atoms with Crippen molar-refractivity contribution in [3.63, 3.8) is 0 Å². The van der Waals surface area contributed by atoms with E-state index in [1.807, 2.05) is 0 Å². The minimum atomic E-state index is 0.646. The lowest BCUT2D eigenvalue weighted by molar-refractivity contribution is 0.136. The van der Waals surface area contributed by atoms with Crippen molar-refractivity contribution >= 4 is 0 Å². The Labute approximate surface area is 152 Å². The summed E-state index contributed by atoms with van der Waals surface area (Å²) >= 11 is 0. The van der Waals surface area contributed by atoms with Gasteiger partial charge in [0.15, 0.2) is 0 Å². The van der Waals surface area contributed by atoms with Gasteiger partial charge in [-0.1, -0.05) is 85.0 Å². The Balaban J connectivity index is 2.21. The first-order valence-electron chi connectivity index (χ1n) is 11.0. The quantitative estimate of drug-likeness (QED) is 0.282. The molecular formula is C22H44N2. The first-order chi connectivity index (χ1) is 11.8. The first-order valence-corrected chi connectivity index (χ1v) is 11.0. The second-order valence-corrected chi connectivity index (χ2v) is 7.58. The van der Waals surface area contributed by atoms with Gasteiger partial charge in [0, 0.05) is 25.5 Å². The monoisotopic (exact) mass is 336 g/mol. The van der Waals surface area contributed by atoms with Crippen molar-refractivity contribution in [3.05, 3.63) is 12.4 Å². The van der Waals surface area contributed by atoms with E-state index in [2.05, 4.69) is 43.0 Å². The molecule has 0 aliphatic carbocycles. The van der Waals surface area contributed by atoms with E-state index in [1.165, 1.54) is 103 Å². The summed E-state index contributed by atoms with van der Waals surface area (Å²) in [5, 5.41) is 0. The molecule has 1 rings (SSSR count). The molecule has 0 radical (unpaired) electrons.